The van der Waals surface area contributed by atoms with E-state index in [1.165, 1.54) is 24.3 Å². The van der Waals surface area contributed by atoms with Gasteiger partial charge in [0.05, 0.1) is 24.1 Å². The number of allylic oxidation sites excluding steroid dienone is 1. The molecule has 0 saturated carbocycles. The van der Waals surface area contributed by atoms with Crippen LogP contribution in [-0.2, 0) is 15.9 Å². The maximum absolute atomic E-state index is 13.2. The summed E-state index contributed by atoms with van der Waals surface area (Å²) in [5.74, 6) is 0.657. The highest BCUT2D eigenvalue weighted by molar-refractivity contribution is 6.37. The summed E-state index contributed by atoms with van der Waals surface area (Å²) in [7, 11) is 1.53. The number of rotatable bonds is 5. The molecule has 0 aliphatic heterocycles. The molecular formula is C20H22Cl3N3O3. The van der Waals surface area contributed by atoms with E-state index in [0.29, 0.717) is 28.5 Å². The third-order valence-electron chi connectivity index (χ3n) is 3.54. The third-order valence-corrected chi connectivity index (χ3v) is 4.39. The molecule has 6 nitrogen and oxygen atoms in total. The number of aromatic nitrogens is 2. The molecule has 29 heavy (non-hydrogen) atoms. The van der Waals surface area contributed by atoms with Crippen molar-refractivity contribution in [2.24, 2.45) is 0 Å². The fraction of sp³-hybridized carbons (Fsp3) is 0.350. The number of benzene rings is 1. The molecular weight excluding hydrogens is 437 g/mol. The molecule has 0 atom stereocenters. The molecule has 2 aromatic rings. The number of carbonyl (C=O) groups is 1. The van der Waals surface area contributed by atoms with E-state index in [4.69, 9.17) is 44.3 Å². The zero-order valence-corrected chi connectivity index (χ0v) is 19.1. The van der Waals surface area contributed by atoms with E-state index >= 15 is 0 Å². The van der Waals surface area contributed by atoms with Gasteiger partial charge in [-0.05, 0) is 52.0 Å². The molecule has 0 aliphatic rings. The van der Waals surface area contributed by atoms with Crippen LogP contribution in [0.4, 0.5) is 16.3 Å². The summed E-state index contributed by atoms with van der Waals surface area (Å²) < 4.78 is 10.6. The van der Waals surface area contributed by atoms with E-state index < -0.39 is 11.7 Å². The first-order chi connectivity index (χ1) is 13.5. The quantitative estimate of drug-likeness (QED) is 0.377. The highest BCUT2D eigenvalue weighted by Crippen LogP contribution is 2.37. The van der Waals surface area contributed by atoms with Crippen molar-refractivity contribution in [3.8, 4) is 0 Å². The monoisotopic (exact) mass is 457 g/mol. The van der Waals surface area contributed by atoms with Crippen LogP contribution in [0.15, 0.2) is 30.5 Å². The molecule has 0 fully saturated rings. The molecule has 0 radical (unpaired) electrons. The molecule has 2 rings (SSSR count). The predicted molar refractivity (Wildman–Crippen MR) is 116 cm³/mol. The van der Waals surface area contributed by atoms with Crippen molar-refractivity contribution in [1.82, 2.24) is 9.97 Å². The number of aryl methyl sites for hydroxylation is 1. The Morgan fingerprint density at radius 1 is 1.21 bits per heavy atom. The predicted octanol–water partition coefficient (Wildman–Crippen LogP) is 6.52. The fourth-order valence-corrected chi connectivity index (χ4v) is 3.22. The van der Waals surface area contributed by atoms with Gasteiger partial charge in [-0.1, -0.05) is 34.8 Å². The first kappa shape index (κ1) is 23.3. The zero-order chi connectivity index (χ0) is 21.8. The van der Waals surface area contributed by atoms with Gasteiger partial charge in [-0.3, -0.25) is 0 Å². The van der Waals surface area contributed by atoms with Crippen molar-refractivity contribution >= 4 is 52.4 Å². The Morgan fingerprint density at radius 2 is 1.90 bits per heavy atom. The largest absolute Gasteiger partial charge is 0.505 e. The number of nitrogens with zero attached hydrogens (tertiary/aromatic N) is 3. The highest BCUT2D eigenvalue weighted by atomic mass is 35.5. The Hall–Kier alpha value is -2.02. The lowest BCUT2D eigenvalue weighted by atomic mass is 10.2. The number of anilines is 2. The molecule has 0 bridgehead atoms. The minimum Gasteiger partial charge on any atom is -0.505 e. The second kappa shape index (κ2) is 9.65. The van der Waals surface area contributed by atoms with Gasteiger partial charge < -0.3 is 9.47 Å². The van der Waals surface area contributed by atoms with Crippen molar-refractivity contribution in [3.63, 3.8) is 0 Å². The van der Waals surface area contributed by atoms with Crippen LogP contribution in [0, 0.1) is 6.92 Å². The van der Waals surface area contributed by atoms with Crippen molar-refractivity contribution < 1.29 is 14.3 Å². The smallest absolute Gasteiger partial charge is 0.420 e. The van der Waals surface area contributed by atoms with Crippen LogP contribution in [0.25, 0.3) is 0 Å². The SMILES string of the molecule is CO/C=C\Cc1c(Cl)nc(C)nc1N(C(=O)OC(C)(C)C)c1ccc(Cl)cc1Cl. The second-order valence-corrected chi connectivity index (χ2v) is 8.29. The molecule has 0 spiro atoms. The number of hydrogen-bond acceptors (Lipinski definition) is 5. The van der Waals surface area contributed by atoms with Crippen molar-refractivity contribution in [2.75, 3.05) is 12.0 Å². The molecule has 0 saturated heterocycles. The van der Waals surface area contributed by atoms with Gasteiger partial charge in [0.15, 0.2) is 5.82 Å². The van der Waals surface area contributed by atoms with Crippen LogP contribution >= 0.6 is 34.8 Å². The lowest BCUT2D eigenvalue weighted by Crippen LogP contribution is -2.35. The van der Waals surface area contributed by atoms with Gasteiger partial charge in [-0.2, -0.15) is 0 Å². The molecule has 0 unspecified atom stereocenters. The van der Waals surface area contributed by atoms with E-state index in [1.54, 1.807) is 45.9 Å². The van der Waals surface area contributed by atoms with Crippen LogP contribution in [0.3, 0.4) is 0 Å². The summed E-state index contributed by atoms with van der Waals surface area (Å²) in [6.07, 6.45) is 2.91. The third kappa shape index (κ3) is 6.23. The summed E-state index contributed by atoms with van der Waals surface area (Å²) >= 11 is 18.8. The summed E-state index contributed by atoms with van der Waals surface area (Å²) in [6.45, 7) is 6.99. The lowest BCUT2D eigenvalue weighted by Gasteiger charge is -2.28. The summed E-state index contributed by atoms with van der Waals surface area (Å²) in [5.41, 5.74) is 0.134. The average molecular weight is 459 g/mol. The Morgan fingerprint density at radius 3 is 2.48 bits per heavy atom. The van der Waals surface area contributed by atoms with Gasteiger partial charge in [0, 0.05) is 17.0 Å². The van der Waals surface area contributed by atoms with Gasteiger partial charge >= 0.3 is 6.09 Å². The standard InChI is InChI=1S/C20H22Cl3N3O3/c1-12-24-17(23)14(7-6-10-28-5)18(25-12)26(19(27)29-20(2,3)4)16-9-8-13(21)11-15(16)22/h6,8-11H,7H2,1-5H3/b10-6-. The summed E-state index contributed by atoms with van der Waals surface area (Å²) in [6, 6.07) is 4.78. The van der Waals surface area contributed by atoms with Crippen LogP contribution in [0.1, 0.15) is 32.2 Å². The maximum Gasteiger partial charge on any atom is 0.420 e. The first-order valence-electron chi connectivity index (χ1n) is 8.72. The topological polar surface area (TPSA) is 64.6 Å². The fourth-order valence-electron chi connectivity index (χ4n) is 2.44. The van der Waals surface area contributed by atoms with Crippen LogP contribution in [0.2, 0.25) is 15.2 Å². The maximum atomic E-state index is 13.2. The molecule has 1 amide bonds. The number of amides is 1. The van der Waals surface area contributed by atoms with Crippen LogP contribution < -0.4 is 4.90 Å². The van der Waals surface area contributed by atoms with Crippen LogP contribution in [-0.4, -0.2) is 28.8 Å². The van der Waals surface area contributed by atoms with E-state index in [9.17, 15) is 4.79 Å². The van der Waals surface area contributed by atoms with E-state index in [0.717, 1.165) is 0 Å². The average Bonchev–Trinajstić information content (AvgIpc) is 2.57. The van der Waals surface area contributed by atoms with Crippen molar-refractivity contribution in [1.29, 1.82) is 0 Å². The Labute approximate surface area is 185 Å². The molecule has 0 N–H and O–H groups in total. The summed E-state index contributed by atoms with van der Waals surface area (Å²) in [4.78, 5) is 23.1. The molecule has 156 valence electrons. The van der Waals surface area contributed by atoms with E-state index in [-0.39, 0.29) is 16.0 Å². The Bertz CT molecular complexity index is 927. The molecule has 1 heterocycles. The first-order valence-corrected chi connectivity index (χ1v) is 9.86. The number of carbonyl (C=O) groups excluding carboxylic acids is 1. The number of ether oxygens (including phenoxy) is 2. The second-order valence-electron chi connectivity index (χ2n) is 7.09. The van der Waals surface area contributed by atoms with E-state index in [1.807, 2.05) is 0 Å². The normalized spacial score (nSPS) is 11.6. The number of methoxy groups -OCH3 is 1. The zero-order valence-electron chi connectivity index (χ0n) is 16.8. The Kier molecular flexibility index (Phi) is 7.74. The van der Waals surface area contributed by atoms with Gasteiger partial charge in [-0.15, -0.1) is 0 Å². The van der Waals surface area contributed by atoms with Gasteiger partial charge in [0.1, 0.15) is 16.6 Å². The molecule has 1 aromatic carbocycles. The van der Waals surface area contributed by atoms with Crippen molar-refractivity contribution in [2.45, 2.75) is 39.7 Å². The van der Waals surface area contributed by atoms with Gasteiger partial charge in [-0.25, -0.2) is 19.7 Å². The summed E-state index contributed by atoms with van der Waals surface area (Å²) in [5, 5.41) is 0.907. The molecule has 0 aliphatic carbocycles. The minimum atomic E-state index is -0.740. The van der Waals surface area contributed by atoms with Crippen LogP contribution in [0.5, 0.6) is 0 Å². The molecule has 9 heteroatoms. The lowest BCUT2D eigenvalue weighted by molar-refractivity contribution is 0.0598. The highest BCUT2D eigenvalue weighted by Gasteiger charge is 2.30. The van der Waals surface area contributed by atoms with Crippen molar-refractivity contribution in [3.05, 3.63) is 57.1 Å². The Balaban J connectivity index is 2.71. The molecule has 1 aromatic heterocycles. The van der Waals surface area contributed by atoms with Gasteiger partial charge in [0.2, 0.25) is 0 Å². The number of hydrogen-bond donors (Lipinski definition) is 0. The van der Waals surface area contributed by atoms with Gasteiger partial charge in [0.25, 0.3) is 0 Å². The number of halogens is 3. The van der Waals surface area contributed by atoms with E-state index in [2.05, 4.69) is 9.97 Å². The minimum absolute atomic E-state index is 0.215.